The van der Waals surface area contributed by atoms with Gasteiger partial charge in [-0.25, -0.2) is 0 Å². The molecular weight excluding hydrogens is 234 g/mol. The fourth-order valence-corrected chi connectivity index (χ4v) is 2.86. The topological polar surface area (TPSA) is 78.0 Å². The van der Waals surface area contributed by atoms with Crippen LogP contribution in [0.25, 0.3) is 0 Å². The summed E-state index contributed by atoms with van der Waals surface area (Å²) in [6.07, 6.45) is 2.17. The van der Waals surface area contributed by atoms with Gasteiger partial charge in [0.25, 0.3) is 0 Å². The monoisotopic (exact) mass is 251 g/mol. The van der Waals surface area contributed by atoms with E-state index < -0.39 is 0 Å². The van der Waals surface area contributed by atoms with Crippen molar-refractivity contribution in [3.8, 4) is 6.07 Å². The SMILES string of the molecule is CC1CC(Nc2snc(N)c2C#N)CCN1C. The van der Waals surface area contributed by atoms with E-state index in [1.807, 2.05) is 0 Å². The number of rotatable bonds is 2. The van der Waals surface area contributed by atoms with Gasteiger partial charge >= 0.3 is 0 Å². The smallest absolute Gasteiger partial charge is 0.157 e. The summed E-state index contributed by atoms with van der Waals surface area (Å²) in [5.74, 6) is 0.334. The fraction of sp³-hybridized carbons (Fsp3) is 0.636. The molecule has 1 saturated heterocycles. The van der Waals surface area contributed by atoms with Crippen LogP contribution in [0.3, 0.4) is 0 Å². The molecule has 2 heterocycles. The Kier molecular flexibility index (Phi) is 3.50. The predicted molar refractivity (Wildman–Crippen MR) is 70.0 cm³/mol. The van der Waals surface area contributed by atoms with Crippen molar-refractivity contribution in [1.29, 1.82) is 5.26 Å². The van der Waals surface area contributed by atoms with Gasteiger partial charge in [-0.1, -0.05) is 0 Å². The maximum atomic E-state index is 9.00. The van der Waals surface area contributed by atoms with Crippen LogP contribution in [0.15, 0.2) is 0 Å². The van der Waals surface area contributed by atoms with Crippen LogP contribution in [0, 0.1) is 11.3 Å². The lowest BCUT2D eigenvalue weighted by Crippen LogP contribution is -2.42. The standard InChI is InChI=1S/C11H17N5S/c1-7-5-8(3-4-16(7)2)14-11-9(6-12)10(13)15-17-11/h7-8,14H,3-5H2,1-2H3,(H2,13,15). The molecule has 2 rings (SSSR count). The Hall–Kier alpha value is -1.32. The highest BCUT2D eigenvalue weighted by molar-refractivity contribution is 7.10. The summed E-state index contributed by atoms with van der Waals surface area (Å²) < 4.78 is 4.01. The molecule has 0 radical (unpaired) electrons. The van der Waals surface area contributed by atoms with E-state index in [4.69, 9.17) is 11.0 Å². The van der Waals surface area contributed by atoms with Crippen molar-refractivity contribution in [2.45, 2.75) is 31.8 Å². The number of hydrogen-bond donors (Lipinski definition) is 2. The van der Waals surface area contributed by atoms with Crippen molar-refractivity contribution >= 4 is 22.4 Å². The molecule has 2 unspecified atom stereocenters. The average Bonchev–Trinajstić information content (AvgIpc) is 2.64. The number of aromatic nitrogens is 1. The number of nitrogens with zero attached hydrogens (tertiary/aromatic N) is 3. The van der Waals surface area contributed by atoms with Gasteiger partial charge in [0.1, 0.15) is 16.6 Å². The molecule has 0 aliphatic carbocycles. The summed E-state index contributed by atoms with van der Waals surface area (Å²) in [7, 11) is 2.15. The Bertz CT molecular complexity index is 436. The lowest BCUT2D eigenvalue weighted by atomic mass is 9.99. The predicted octanol–water partition coefficient (Wildman–Crippen LogP) is 1.49. The highest BCUT2D eigenvalue weighted by atomic mass is 32.1. The largest absolute Gasteiger partial charge is 0.382 e. The first-order valence-corrected chi connectivity index (χ1v) is 6.51. The number of likely N-dealkylation sites (tertiary alicyclic amines) is 1. The molecule has 0 aromatic carbocycles. The second-order valence-corrected chi connectivity index (χ2v) is 5.35. The Morgan fingerprint density at radius 2 is 2.41 bits per heavy atom. The summed E-state index contributed by atoms with van der Waals surface area (Å²) in [6, 6.07) is 3.08. The molecule has 17 heavy (non-hydrogen) atoms. The quantitative estimate of drug-likeness (QED) is 0.832. The summed E-state index contributed by atoms with van der Waals surface area (Å²) >= 11 is 1.27. The van der Waals surface area contributed by atoms with E-state index >= 15 is 0 Å². The van der Waals surface area contributed by atoms with Gasteiger partial charge in [-0.15, -0.1) is 0 Å². The van der Waals surface area contributed by atoms with Crippen LogP contribution in [0.1, 0.15) is 25.3 Å². The molecule has 3 N–H and O–H groups in total. The van der Waals surface area contributed by atoms with E-state index in [9.17, 15) is 0 Å². The molecule has 6 heteroatoms. The van der Waals surface area contributed by atoms with Gasteiger partial charge in [0.05, 0.1) is 0 Å². The molecule has 2 atom stereocenters. The summed E-state index contributed by atoms with van der Waals surface area (Å²) in [5.41, 5.74) is 6.12. The van der Waals surface area contributed by atoms with Crippen LogP contribution in [0.4, 0.5) is 10.8 Å². The fourth-order valence-electron chi connectivity index (χ4n) is 2.11. The average molecular weight is 251 g/mol. The molecule has 1 aromatic rings. The molecule has 1 fully saturated rings. The Labute approximate surface area is 105 Å². The van der Waals surface area contributed by atoms with Gasteiger partial charge in [0.2, 0.25) is 0 Å². The van der Waals surface area contributed by atoms with Gasteiger partial charge in [-0.2, -0.15) is 9.64 Å². The van der Waals surface area contributed by atoms with Crippen molar-refractivity contribution in [2.75, 3.05) is 24.6 Å². The maximum Gasteiger partial charge on any atom is 0.157 e. The Morgan fingerprint density at radius 1 is 1.65 bits per heavy atom. The van der Waals surface area contributed by atoms with Crippen molar-refractivity contribution in [1.82, 2.24) is 9.27 Å². The zero-order valence-corrected chi connectivity index (χ0v) is 10.9. The van der Waals surface area contributed by atoms with E-state index in [0.29, 0.717) is 23.5 Å². The molecule has 92 valence electrons. The van der Waals surface area contributed by atoms with E-state index in [1.165, 1.54) is 11.5 Å². The number of piperidine rings is 1. The van der Waals surface area contributed by atoms with Crippen molar-refractivity contribution in [3.05, 3.63) is 5.56 Å². The number of nitrogens with two attached hydrogens (primary N) is 1. The minimum absolute atomic E-state index is 0.334. The van der Waals surface area contributed by atoms with E-state index in [0.717, 1.165) is 24.4 Å². The van der Waals surface area contributed by atoms with E-state index in [-0.39, 0.29) is 0 Å². The van der Waals surface area contributed by atoms with Crippen molar-refractivity contribution < 1.29 is 0 Å². The molecule has 1 aliphatic rings. The number of nitrogens with one attached hydrogen (secondary N) is 1. The van der Waals surface area contributed by atoms with Crippen LogP contribution in [0.2, 0.25) is 0 Å². The summed E-state index contributed by atoms with van der Waals surface area (Å²) in [5, 5.41) is 13.2. The van der Waals surface area contributed by atoms with Crippen molar-refractivity contribution in [2.24, 2.45) is 0 Å². The van der Waals surface area contributed by atoms with E-state index in [2.05, 4.69) is 34.6 Å². The third kappa shape index (κ3) is 2.51. The van der Waals surface area contributed by atoms with Crippen LogP contribution < -0.4 is 11.1 Å². The first kappa shape index (κ1) is 12.1. The second-order valence-electron chi connectivity index (χ2n) is 4.58. The van der Waals surface area contributed by atoms with Gasteiger partial charge in [-0.05, 0) is 38.3 Å². The first-order valence-electron chi connectivity index (χ1n) is 5.73. The van der Waals surface area contributed by atoms with Crippen LogP contribution in [-0.4, -0.2) is 34.9 Å². The van der Waals surface area contributed by atoms with Gasteiger partial charge in [0.15, 0.2) is 5.82 Å². The normalized spacial score (nSPS) is 25.5. The maximum absolute atomic E-state index is 9.00. The summed E-state index contributed by atoms with van der Waals surface area (Å²) in [4.78, 5) is 2.35. The van der Waals surface area contributed by atoms with Crippen LogP contribution in [0.5, 0.6) is 0 Å². The molecule has 5 nitrogen and oxygen atoms in total. The number of nitrogen functional groups attached to an aromatic ring is 1. The second kappa shape index (κ2) is 4.90. The third-order valence-electron chi connectivity index (χ3n) is 3.37. The van der Waals surface area contributed by atoms with Gasteiger partial charge in [0, 0.05) is 18.6 Å². The third-order valence-corrected chi connectivity index (χ3v) is 4.17. The highest BCUT2D eigenvalue weighted by Crippen LogP contribution is 2.28. The van der Waals surface area contributed by atoms with E-state index in [1.54, 1.807) is 0 Å². The minimum Gasteiger partial charge on any atom is -0.382 e. The molecule has 0 saturated carbocycles. The Balaban J connectivity index is 2.04. The molecule has 0 bridgehead atoms. The van der Waals surface area contributed by atoms with Crippen LogP contribution >= 0.6 is 11.5 Å². The molecular formula is C11H17N5S. The zero-order chi connectivity index (χ0) is 12.4. The van der Waals surface area contributed by atoms with Gasteiger partial charge in [-0.3, -0.25) is 0 Å². The number of hydrogen-bond acceptors (Lipinski definition) is 6. The molecule has 1 aliphatic heterocycles. The first-order chi connectivity index (χ1) is 8.11. The zero-order valence-electron chi connectivity index (χ0n) is 10.1. The highest BCUT2D eigenvalue weighted by Gasteiger charge is 2.24. The summed E-state index contributed by atoms with van der Waals surface area (Å²) in [6.45, 7) is 3.30. The molecule has 0 amide bonds. The molecule has 1 aromatic heterocycles. The Morgan fingerprint density at radius 3 is 3.06 bits per heavy atom. The number of nitriles is 1. The lowest BCUT2D eigenvalue weighted by molar-refractivity contribution is 0.190. The van der Waals surface area contributed by atoms with Crippen LogP contribution in [-0.2, 0) is 0 Å². The lowest BCUT2D eigenvalue weighted by Gasteiger charge is -2.35. The van der Waals surface area contributed by atoms with Crippen molar-refractivity contribution in [3.63, 3.8) is 0 Å². The minimum atomic E-state index is 0.334. The van der Waals surface area contributed by atoms with Gasteiger partial charge < -0.3 is 16.0 Å². The molecule has 0 spiro atoms. The number of anilines is 2.